The number of carbonyl (C=O) groups excluding carboxylic acids is 1. The summed E-state index contributed by atoms with van der Waals surface area (Å²) in [4.78, 5) is 20.6. The Balaban J connectivity index is 1.40. The smallest absolute Gasteiger partial charge is 0.254 e. The first-order valence-corrected chi connectivity index (χ1v) is 8.84. The first-order valence-electron chi connectivity index (χ1n) is 8.84. The minimum atomic E-state index is -0.824. The highest BCUT2D eigenvalue weighted by molar-refractivity contribution is 5.94. The van der Waals surface area contributed by atoms with Crippen molar-refractivity contribution in [3.63, 3.8) is 0 Å². The molecule has 0 saturated carbocycles. The second kappa shape index (κ2) is 6.58. The van der Waals surface area contributed by atoms with Gasteiger partial charge in [-0.3, -0.25) is 14.7 Å². The highest BCUT2D eigenvalue weighted by Crippen LogP contribution is 2.27. The Labute approximate surface area is 147 Å². The van der Waals surface area contributed by atoms with Gasteiger partial charge in [-0.05, 0) is 36.1 Å². The summed E-state index contributed by atoms with van der Waals surface area (Å²) in [6.07, 6.45) is 4.90. The van der Waals surface area contributed by atoms with E-state index in [1.165, 1.54) is 11.1 Å². The van der Waals surface area contributed by atoms with Crippen molar-refractivity contribution >= 4 is 5.91 Å². The molecule has 2 aliphatic rings. The van der Waals surface area contributed by atoms with Gasteiger partial charge in [0.2, 0.25) is 0 Å². The predicted molar refractivity (Wildman–Crippen MR) is 95.1 cm³/mol. The molecule has 1 saturated heterocycles. The zero-order chi connectivity index (χ0) is 17.3. The van der Waals surface area contributed by atoms with Gasteiger partial charge in [-0.2, -0.15) is 0 Å². The van der Waals surface area contributed by atoms with Crippen LogP contribution in [0, 0.1) is 0 Å². The van der Waals surface area contributed by atoms with Crippen LogP contribution < -0.4 is 0 Å². The number of pyridine rings is 1. The number of hydrogen-bond donors (Lipinski definition) is 1. The van der Waals surface area contributed by atoms with Crippen molar-refractivity contribution < 1.29 is 9.90 Å². The number of aliphatic hydroxyl groups is 1. The number of amides is 1. The zero-order valence-electron chi connectivity index (χ0n) is 14.3. The first kappa shape index (κ1) is 16.2. The lowest BCUT2D eigenvalue weighted by molar-refractivity contribution is 0.00805. The second-order valence-corrected chi connectivity index (χ2v) is 7.17. The van der Waals surface area contributed by atoms with Gasteiger partial charge in [-0.25, -0.2) is 0 Å². The number of rotatable bonds is 3. The minimum absolute atomic E-state index is 0.0256. The van der Waals surface area contributed by atoms with Gasteiger partial charge in [-0.15, -0.1) is 0 Å². The SMILES string of the molecule is O=C(c1ccncc1)N1CC[C@](O)(CN2CCc3ccccc3C2)C1. The Morgan fingerprint density at radius 2 is 1.88 bits per heavy atom. The minimum Gasteiger partial charge on any atom is -0.387 e. The Morgan fingerprint density at radius 1 is 1.12 bits per heavy atom. The van der Waals surface area contributed by atoms with Gasteiger partial charge in [0, 0.05) is 44.1 Å². The quantitative estimate of drug-likeness (QED) is 0.926. The Bertz CT molecular complexity index is 765. The monoisotopic (exact) mass is 337 g/mol. The summed E-state index contributed by atoms with van der Waals surface area (Å²) in [6, 6.07) is 12.0. The Hall–Kier alpha value is -2.24. The summed E-state index contributed by atoms with van der Waals surface area (Å²) in [5, 5.41) is 11.0. The molecule has 1 atom stereocenters. The van der Waals surface area contributed by atoms with Gasteiger partial charge >= 0.3 is 0 Å². The van der Waals surface area contributed by atoms with Gasteiger partial charge in [0.15, 0.2) is 0 Å². The molecule has 0 unspecified atom stereocenters. The van der Waals surface area contributed by atoms with E-state index >= 15 is 0 Å². The van der Waals surface area contributed by atoms with Crippen LogP contribution >= 0.6 is 0 Å². The van der Waals surface area contributed by atoms with E-state index in [1.807, 2.05) is 0 Å². The molecule has 5 nitrogen and oxygen atoms in total. The molecule has 2 aromatic rings. The van der Waals surface area contributed by atoms with Crippen LogP contribution in [0.25, 0.3) is 0 Å². The van der Waals surface area contributed by atoms with Gasteiger partial charge in [0.05, 0.1) is 12.1 Å². The van der Waals surface area contributed by atoms with E-state index in [2.05, 4.69) is 34.1 Å². The molecule has 130 valence electrons. The molecule has 1 aromatic heterocycles. The first-order chi connectivity index (χ1) is 12.1. The molecule has 1 fully saturated rings. The van der Waals surface area contributed by atoms with E-state index in [-0.39, 0.29) is 5.91 Å². The summed E-state index contributed by atoms with van der Waals surface area (Å²) in [5.41, 5.74) is 2.56. The van der Waals surface area contributed by atoms with Crippen LogP contribution in [-0.2, 0) is 13.0 Å². The summed E-state index contributed by atoms with van der Waals surface area (Å²) < 4.78 is 0. The van der Waals surface area contributed by atoms with E-state index in [1.54, 1.807) is 29.4 Å². The Morgan fingerprint density at radius 3 is 2.68 bits per heavy atom. The molecular formula is C20H23N3O2. The van der Waals surface area contributed by atoms with E-state index in [4.69, 9.17) is 0 Å². The van der Waals surface area contributed by atoms with E-state index in [0.717, 1.165) is 19.5 Å². The average Bonchev–Trinajstić information content (AvgIpc) is 3.03. The standard InChI is InChI=1S/C20H23N3O2/c24-19(17-5-9-21-10-6-17)23-12-8-20(25,15-23)14-22-11-7-16-3-1-2-4-18(16)13-22/h1-6,9-10,25H,7-8,11-15H2/t20-/m0/s1. The highest BCUT2D eigenvalue weighted by atomic mass is 16.3. The molecule has 1 aromatic carbocycles. The van der Waals surface area contributed by atoms with Crippen molar-refractivity contribution in [1.82, 2.24) is 14.8 Å². The zero-order valence-corrected chi connectivity index (χ0v) is 14.3. The van der Waals surface area contributed by atoms with Crippen molar-refractivity contribution in [2.24, 2.45) is 0 Å². The molecule has 0 radical (unpaired) electrons. The van der Waals surface area contributed by atoms with Crippen LogP contribution in [0.2, 0.25) is 0 Å². The fourth-order valence-corrected chi connectivity index (χ4v) is 3.94. The normalized spacial score (nSPS) is 23.5. The van der Waals surface area contributed by atoms with Crippen LogP contribution in [0.1, 0.15) is 27.9 Å². The number of β-amino-alcohol motifs (C(OH)–C–C–N with tert-alkyl or cyclic N) is 1. The van der Waals surface area contributed by atoms with Gasteiger partial charge < -0.3 is 10.0 Å². The molecule has 0 aliphatic carbocycles. The maximum Gasteiger partial charge on any atom is 0.254 e. The molecule has 2 aliphatic heterocycles. The lowest BCUT2D eigenvalue weighted by Gasteiger charge is -2.34. The molecule has 0 bridgehead atoms. The molecular weight excluding hydrogens is 314 g/mol. The maximum atomic E-state index is 12.6. The third-order valence-electron chi connectivity index (χ3n) is 5.27. The Kier molecular flexibility index (Phi) is 4.27. The number of likely N-dealkylation sites (tertiary alicyclic amines) is 1. The number of aromatic nitrogens is 1. The molecule has 5 heteroatoms. The lowest BCUT2D eigenvalue weighted by Crippen LogP contribution is -2.47. The van der Waals surface area contributed by atoms with Crippen LogP contribution in [0.4, 0.5) is 0 Å². The molecule has 0 spiro atoms. The van der Waals surface area contributed by atoms with Crippen molar-refractivity contribution in [2.45, 2.75) is 25.0 Å². The summed E-state index contributed by atoms with van der Waals surface area (Å²) >= 11 is 0. The molecule has 4 rings (SSSR count). The average molecular weight is 337 g/mol. The maximum absolute atomic E-state index is 12.6. The van der Waals surface area contributed by atoms with Crippen molar-refractivity contribution in [3.05, 3.63) is 65.5 Å². The van der Waals surface area contributed by atoms with E-state index in [0.29, 0.717) is 31.6 Å². The topological polar surface area (TPSA) is 56.7 Å². The van der Waals surface area contributed by atoms with Gasteiger partial charge in [-0.1, -0.05) is 24.3 Å². The number of nitrogens with zero attached hydrogens (tertiary/aromatic N) is 3. The number of fused-ring (bicyclic) bond motifs is 1. The van der Waals surface area contributed by atoms with Crippen LogP contribution in [-0.4, -0.2) is 57.6 Å². The second-order valence-electron chi connectivity index (χ2n) is 7.17. The predicted octanol–water partition coefficient (Wildman–Crippen LogP) is 1.72. The molecule has 1 amide bonds. The fourth-order valence-electron chi connectivity index (χ4n) is 3.94. The third-order valence-corrected chi connectivity index (χ3v) is 5.27. The van der Waals surface area contributed by atoms with Crippen LogP contribution in [0.5, 0.6) is 0 Å². The number of benzene rings is 1. The molecule has 25 heavy (non-hydrogen) atoms. The number of hydrogen-bond acceptors (Lipinski definition) is 4. The van der Waals surface area contributed by atoms with Crippen LogP contribution in [0.15, 0.2) is 48.8 Å². The summed E-state index contributed by atoms with van der Waals surface area (Å²) in [6.45, 7) is 3.43. The van der Waals surface area contributed by atoms with Crippen molar-refractivity contribution in [3.8, 4) is 0 Å². The third kappa shape index (κ3) is 3.43. The van der Waals surface area contributed by atoms with Crippen molar-refractivity contribution in [2.75, 3.05) is 26.2 Å². The summed E-state index contributed by atoms with van der Waals surface area (Å²) in [5.74, 6) is -0.0256. The van der Waals surface area contributed by atoms with Crippen molar-refractivity contribution in [1.29, 1.82) is 0 Å². The van der Waals surface area contributed by atoms with Gasteiger partial charge in [0.25, 0.3) is 5.91 Å². The molecule has 3 heterocycles. The van der Waals surface area contributed by atoms with Gasteiger partial charge in [0.1, 0.15) is 0 Å². The summed E-state index contributed by atoms with van der Waals surface area (Å²) in [7, 11) is 0. The highest BCUT2D eigenvalue weighted by Gasteiger charge is 2.40. The van der Waals surface area contributed by atoms with E-state index in [9.17, 15) is 9.90 Å². The number of carbonyl (C=O) groups is 1. The lowest BCUT2D eigenvalue weighted by atomic mass is 9.97. The largest absolute Gasteiger partial charge is 0.387 e. The van der Waals surface area contributed by atoms with E-state index < -0.39 is 5.60 Å². The van der Waals surface area contributed by atoms with Crippen LogP contribution in [0.3, 0.4) is 0 Å². The molecule has 1 N–H and O–H groups in total. The fraction of sp³-hybridized carbons (Fsp3) is 0.400.